The van der Waals surface area contributed by atoms with Gasteiger partial charge in [0, 0.05) is 18.0 Å². The van der Waals surface area contributed by atoms with Crippen LogP contribution in [0, 0.1) is 0 Å². The van der Waals surface area contributed by atoms with E-state index in [4.69, 9.17) is 5.11 Å². The first kappa shape index (κ1) is 16.6. The zero-order valence-electron chi connectivity index (χ0n) is 12.9. The number of pyridine rings is 1. The number of nitrogens with one attached hydrogen (secondary N) is 1. The minimum atomic E-state index is -1.27. The average molecular weight is 360 g/mol. The lowest BCUT2D eigenvalue weighted by Gasteiger charge is -2.11. The number of aryl methyl sites for hydroxylation is 1. The van der Waals surface area contributed by atoms with Gasteiger partial charge in [-0.2, -0.15) is 11.3 Å². The molecule has 0 aliphatic rings. The Bertz CT molecular complexity index is 1040. The van der Waals surface area contributed by atoms with Crippen LogP contribution in [0.1, 0.15) is 10.4 Å². The van der Waals surface area contributed by atoms with Gasteiger partial charge in [-0.15, -0.1) is 10.2 Å². The molecule has 0 spiro atoms. The van der Waals surface area contributed by atoms with Crippen molar-refractivity contribution in [1.29, 1.82) is 0 Å². The first-order valence-electron chi connectivity index (χ1n) is 7.02. The molecule has 9 nitrogen and oxygen atoms in total. The van der Waals surface area contributed by atoms with E-state index in [9.17, 15) is 19.5 Å². The Kier molecular flexibility index (Phi) is 4.19. The van der Waals surface area contributed by atoms with E-state index in [0.717, 1.165) is 10.1 Å². The van der Waals surface area contributed by atoms with Crippen LogP contribution in [-0.4, -0.2) is 43.4 Å². The molecule has 0 atom stereocenters. The summed E-state index contributed by atoms with van der Waals surface area (Å²) in [6, 6.07) is 3.34. The number of hydrogen-bond acceptors (Lipinski definition) is 7. The van der Waals surface area contributed by atoms with E-state index < -0.39 is 35.3 Å². The molecule has 0 aliphatic heterocycles. The van der Waals surface area contributed by atoms with Gasteiger partial charge in [0.1, 0.15) is 17.9 Å². The second-order valence-electron chi connectivity index (χ2n) is 5.14. The SMILES string of the molecule is Cn1c(=O)c(C(=O)NCC(=O)O)c(O)c2cc(-c3ccsc3)nnc21. The number of aromatic hydroxyl groups is 1. The fourth-order valence-electron chi connectivity index (χ4n) is 2.31. The normalized spacial score (nSPS) is 10.8. The second-order valence-corrected chi connectivity index (χ2v) is 5.92. The Morgan fingerprint density at radius 3 is 2.76 bits per heavy atom. The molecule has 128 valence electrons. The minimum absolute atomic E-state index is 0.108. The van der Waals surface area contributed by atoms with E-state index in [2.05, 4.69) is 15.5 Å². The van der Waals surface area contributed by atoms with Crippen molar-refractivity contribution in [3.05, 3.63) is 38.8 Å². The molecule has 3 heterocycles. The molecular formula is C15H12N4O5S. The minimum Gasteiger partial charge on any atom is -0.506 e. The molecule has 1 amide bonds. The van der Waals surface area contributed by atoms with Gasteiger partial charge >= 0.3 is 5.97 Å². The highest BCUT2D eigenvalue weighted by atomic mass is 32.1. The first-order valence-corrected chi connectivity index (χ1v) is 7.96. The highest BCUT2D eigenvalue weighted by Gasteiger charge is 2.23. The standard InChI is InChI=1S/C15H12N4O5S/c1-19-13-8(4-9(17-18-13)7-2-3-25-6-7)12(22)11(15(19)24)14(23)16-5-10(20)21/h2-4,6,22H,5H2,1H3,(H,16,23)(H,20,21). The summed E-state index contributed by atoms with van der Waals surface area (Å²) in [6.45, 7) is -0.672. The maximum atomic E-state index is 12.3. The Labute approximate surface area is 144 Å². The summed E-state index contributed by atoms with van der Waals surface area (Å²) in [7, 11) is 1.39. The monoisotopic (exact) mass is 360 g/mol. The molecule has 0 bridgehead atoms. The van der Waals surface area contributed by atoms with Crippen LogP contribution in [0.15, 0.2) is 27.7 Å². The number of aliphatic carboxylic acids is 1. The highest BCUT2D eigenvalue weighted by Crippen LogP contribution is 2.28. The van der Waals surface area contributed by atoms with E-state index in [1.54, 1.807) is 0 Å². The first-order chi connectivity index (χ1) is 11.9. The third-order valence-corrected chi connectivity index (χ3v) is 4.23. The number of hydrogen-bond donors (Lipinski definition) is 3. The molecule has 10 heteroatoms. The van der Waals surface area contributed by atoms with Crippen molar-refractivity contribution in [2.24, 2.45) is 7.05 Å². The zero-order valence-corrected chi connectivity index (χ0v) is 13.7. The van der Waals surface area contributed by atoms with Crippen molar-refractivity contribution in [2.75, 3.05) is 6.54 Å². The summed E-state index contributed by atoms with van der Waals surface area (Å²) in [4.78, 5) is 35.0. The summed E-state index contributed by atoms with van der Waals surface area (Å²) in [5.74, 6) is -2.81. The largest absolute Gasteiger partial charge is 0.506 e. The molecule has 0 aromatic carbocycles. The highest BCUT2D eigenvalue weighted by molar-refractivity contribution is 7.08. The fourth-order valence-corrected chi connectivity index (χ4v) is 2.96. The molecule has 0 unspecified atom stereocenters. The van der Waals surface area contributed by atoms with Gasteiger partial charge < -0.3 is 15.5 Å². The molecule has 25 heavy (non-hydrogen) atoms. The van der Waals surface area contributed by atoms with Crippen LogP contribution < -0.4 is 10.9 Å². The van der Waals surface area contributed by atoms with Gasteiger partial charge in [-0.1, -0.05) is 0 Å². The van der Waals surface area contributed by atoms with Crippen LogP contribution in [0.4, 0.5) is 0 Å². The Morgan fingerprint density at radius 2 is 2.12 bits per heavy atom. The number of carbonyl (C=O) groups is 2. The molecule has 0 saturated heterocycles. The van der Waals surface area contributed by atoms with Crippen LogP contribution in [0.3, 0.4) is 0 Å². The maximum Gasteiger partial charge on any atom is 0.322 e. The number of fused-ring (bicyclic) bond motifs is 1. The van der Waals surface area contributed by atoms with Gasteiger partial charge in [0.15, 0.2) is 5.65 Å². The fraction of sp³-hybridized carbons (Fsp3) is 0.133. The quantitative estimate of drug-likeness (QED) is 0.619. The van der Waals surface area contributed by atoms with Gasteiger partial charge in [-0.3, -0.25) is 19.0 Å². The summed E-state index contributed by atoms with van der Waals surface area (Å²) < 4.78 is 1.08. The molecular weight excluding hydrogens is 348 g/mol. The van der Waals surface area contributed by atoms with Crippen molar-refractivity contribution in [1.82, 2.24) is 20.1 Å². The molecule has 3 N–H and O–H groups in total. The van der Waals surface area contributed by atoms with Crippen LogP contribution in [0.5, 0.6) is 5.75 Å². The summed E-state index contributed by atoms with van der Waals surface area (Å²) in [5, 5.41) is 33.0. The van der Waals surface area contributed by atoms with Crippen LogP contribution >= 0.6 is 11.3 Å². The third-order valence-electron chi connectivity index (χ3n) is 3.55. The summed E-state index contributed by atoms with van der Waals surface area (Å²) in [6.07, 6.45) is 0. The van der Waals surface area contributed by atoms with Crippen molar-refractivity contribution < 1.29 is 19.8 Å². The Hall–Kier alpha value is -3.27. The van der Waals surface area contributed by atoms with Crippen molar-refractivity contribution in [3.8, 4) is 17.0 Å². The topological polar surface area (TPSA) is 134 Å². The Balaban J connectivity index is 2.19. The summed E-state index contributed by atoms with van der Waals surface area (Å²) >= 11 is 1.46. The number of carboxylic acids is 1. The lowest BCUT2D eigenvalue weighted by molar-refractivity contribution is -0.135. The third kappa shape index (κ3) is 2.94. The van der Waals surface area contributed by atoms with Crippen molar-refractivity contribution >= 4 is 34.2 Å². The lowest BCUT2D eigenvalue weighted by atomic mass is 10.1. The molecule has 0 radical (unpaired) electrons. The predicted octanol–water partition coefficient (Wildman–Crippen LogP) is 0.577. The second kappa shape index (κ2) is 6.32. The number of carboxylic acid groups (broad SMARTS) is 1. The van der Waals surface area contributed by atoms with Crippen molar-refractivity contribution in [2.45, 2.75) is 0 Å². The van der Waals surface area contributed by atoms with Gasteiger partial charge in [0.05, 0.1) is 11.1 Å². The summed E-state index contributed by atoms with van der Waals surface area (Å²) in [5.41, 5.74) is 0.0198. The number of aromatic nitrogens is 3. The van der Waals surface area contributed by atoms with Gasteiger partial charge in [0.25, 0.3) is 11.5 Å². The van der Waals surface area contributed by atoms with Crippen LogP contribution in [0.2, 0.25) is 0 Å². The molecule has 3 aromatic rings. The Morgan fingerprint density at radius 1 is 1.36 bits per heavy atom. The zero-order chi connectivity index (χ0) is 18.1. The van der Waals surface area contributed by atoms with Gasteiger partial charge in [0.2, 0.25) is 0 Å². The molecule has 0 fully saturated rings. The smallest absolute Gasteiger partial charge is 0.322 e. The van der Waals surface area contributed by atoms with Crippen molar-refractivity contribution in [3.63, 3.8) is 0 Å². The number of carbonyl (C=O) groups excluding carboxylic acids is 1. The van der Waals surface area contributed by atoms with Crippen LogP contribution in [0.25, 0.3) is 22.3 Å². The average Bonchev–Trinajstić information content (AvgIpc) is 3.12. The van der Waals surface area contributed by atoms with E-state index in [1.807, 2.05) is 16.8 Å². The number of thiophene rings is 1. The molecule has 3 aromatic heterocycles. The van der Waals surface area contributed by atoms with Crippen LogP contribution in [-0.2, 0) is 11.8 Å². The molecule has 0 saturated carbocycles. The van der Waals surface area contributed by atoms with Gasteiger partial charge in [-0.05, 0) is 17.5 Å². The number of amides is 1. The maximum absolute atomic E-state index is 12.3. The van der Waals surface area contributed by atoms with E-state index in [-0.39, 0.29) is 11.0 Å². The number of rotatable bonds is 4. The van der Waals surface area contributed by atoms with Gasteiger partial charge in [-0.25, -0.2) is 0 Å². The van der Waals surface area contributed by atoms with E-state index in [1.165, 1.54) is 24.5 Å². The molecule has 0 aliphatic carbocycles. The lowest BCUT2D eigenvalue weighted by Crippen LogP contribution is -2.35. The van der Waals surface area contributed by atoms with E-state index >= 15 is 0 Å². The number of nitrogens with zero attached hydrogens (tertiary/aromatic N) is 3. The molecule has 3 rings (SSSR count). The van der Waals surface area contributed by atoms with E-state index in [0.29, 0.717) is 5.69 Å². The predicted molar refractivity (Wildman–Crippen MR) is 89.7 cm³/mol.